The molecule has 1 aliphatic carbocycles. The highest BCUT2D eigenvalue weighted by Gasteiger charge is 2.33. The lowest BCUT2D eigenvalue weighted by Gasteiger charge is -2.31. The quantitative estimate of drug-likeness (QED) is 0.397. The minimum atomic E-state index is -4.33. The van der Waals surface area contributed by atoms with E-state index in [0.29, 0.717) is 37.5 Å². The number of fused-ring (bicyclic) bond motifs is 3. The summed E-state index contributed by atoms with van der Waals surface area (Å²) < 4.78 is 41.3. The second kappa shape index (κ2) is 11.1. The van der Waals surface area contributed by atoms with Crippen molar-refractivity contribution in [3.63, 3.8) is 0 Å². The number of nitrogens with zero attached hydrogens (tertiary/aromatic N) is 3. The number of halogens is 3. The maximum absolute atomic E-state index is 13.1. The third-order valence-electron chi connectivity index (χ3n) is 7.24. The van der Waals surface area contributed by atoms with Crippen LogP contribution in [0.1, 0.15) is 60.7 Å². The van der Waals surface area contributed by atoms with Gasteiger partial charge in [-0.15, -0.1) is 11.3 Å². The third kappa shape index (κ3) is 6.44. The van der Waals surface area contributed by atoms with Gasteiger partial charge in [0.05, 0.1) is 13.1 Å². The molecule has 1 amide bonds. The third-order valence-corrected chi connectivity index (χ3v) is 8.26. The second-order valence-corrected chi connectivity index (χ2v) is 10.8. The number of carboxylic acid groups (broad SMARTS) is 2. The smallest absolute Gasteiger partial charge is 0.450 e. The Labute approximate surface area is 216 Å². The molecule has 0 bridgehead atoms. The molecule has 1 saturated carbocycles. The van der Waals surface area contributed by atoms with E-state index in [1.165, 1.54) is 24.5 Å². The van der Waals surface area contributed by atoms with Crippen LogP contribution in [0.2, 0.25) is 0 Å². The van der Waals surface area contributed by atoms with Crippen molar-refractivity contribution in [1.82, 2.24) is 14.5 Å². The Hall–Kier alpha value is -3.08. The van der Waals surface area contributed by atoms with Gasteiger partial charge in [0.1, 0.15) is 10.5 Å². The standard InChI is InChI=1S/C25H28F3N3OS.CH2O3/c1-16-4-6-17(7-5-16)12-23(32)30-10-8-19-20-3-2-9-29-24(20)31(21(19)14-30)13-18-11-22(33-15-18)25(26,27)28;2-1(3)4/h2-3,9,11,15-17H,4-8,10,12-14H2,1H3;(H2,2,3,4)/t16-,17-;. The van der Waals surface area contributed by atoms with Crippen LogP contribution in [0.15, 0.2) is 29.8 Å². The number of aromatic nitrogens is 2. The first kappa shape index (κ1) is 27.0. The van der Waals surface area contributed by atoms with E-state index >= 15 is 0 Å². The molecule has 3 aromatic heterocycles. The number of carbonyl (C=O) groups excluding carboxylic acids is 1. The van der Waals surface area contributed by atoms with Crippen molar-refractivity contribution >= 4 is 34.4 Å². The van der Waals surface area contributed by atoms with E-state index in [0.717, 1.165) is 53.2 Å². The monoisotopic (exact) mass is 537 g/mol. The molecule has 0 unspecified atom stereocenters. The van der Waals surface area contributed by atoms with Gasteiger partial charge in [-0.2, -0.15) is 13.2 Å². The molecule has 7 nitrogen and oxygen atoms in total. The van der Waals surface area contributed by atoms with Gasteiger partial charge in [0, 0.05) is 30.2 Å². The molecule has 5 rings (SSSR count). The average Bonchev–Trinajstić information content (AvgIpc) is 3.44. The molecule has 0 aromatic carbocycles. The molecule has 2 aliphatic rings. The summed E-state index contributed by atoms with van der Waals surface area (Å²) in [6.07, 6.45) is 1.53. The van der Waals surface area contributed by atoms with Gasteiger partial charge in [-0.25, -0.2) is 9.78 Å². The van der Waals surface area contributed by atoms with Crippen molar-refractivity contribution in [2.24, 2.45) is 11.8 Å². The fourth-order valence-electron chi connectivity index (χ4n) is 5.34. The average molecular weight is 538 g/mol. The Morgan fingerprint density at radius 1 is 1.19 bits per heavy atom. The maximum Gasteiger partial charge on any atom is 0.503 e. The molecule has 0 spiro atoms. The van der Waals surface area contributed by atoms with Gasteiger partial charge in [-0.3, -0.25) is 4.79 Å². The molecule has 3 aromatic rings. The van der Waals surface area contributed by atoms with Crippen LogP contribution in [0.3, 0.4) is 0 Å². The van der Waals surface area contributed by atoms with Crippen molar-refractivity contribution in [3.8, 4) is 0 Å². The zero-order valence-electron chi connectivity index (χ0n) is 20.5. The lowest BCUT2D eigenvalue weighted by molar-refractivity contribution is -0.134. The minimum Gasteiger partial charge on any atom is -0.450 e. The van der Waals surface area contributed by atoms with Crippen molar-refractivity contribution in [2.45, 2.75) is 64.7 Å². The SMILES string of the molecule is C[C@H]1CC[C@H](CC(=O)N2CCc3c(n(Cc4csc(C(F)(F)F)c4)c4ncccc34)C2)CC1.O=C(O)O. The molecule has 37 heavy (non-hydrogen) atoms. The first-order valence-electron chi connectivity index (χ1n) is 12.3. The first-order valence-corrected chi connectivity index (χ1v) is 13.2. The van der Waals surface area contributed by atoms with Crippen molar-refractivity contribution < 1.29 is 33.0 Å². The van der Waals surface area contributed by atoms with E-state index in [9.17, 15) is 18.0 Å². The molecule has 0 saturated heterocycles. The van der Waals surface area contributed by atoms with Crippen LogP contribution in [-0.4, -0.2) is 43.3 Å². The van der Waals surface area contributed by atoms with E-state index < -0.39 is 17.2 Å². The predicted octanol–water partition coefficient (Wildman–Crippen LogP) is 6.49. The van der Waals surface area contributed by atoms with E-state index in [1.54, 1.807) is 11.6 Å². The zero-order chi connectivity index (χ0) is 26.7. The van der Waals surface area contributed by atoms with Crippen LogP contribution in [-0.2, 0) is 30.5 Å². The number of thiophene rings is 1. The topological polar surface area (TPSA) is 95.7 Å². The molecular formula is C26H30F3N3O4S. The first-order chi connectivity index (χ1) is 17.5. The summed E-state index contributed by atoms with van der Waals surface area (Å²) in [6, 6.07) is 5.13. The molecule has 4 heterocycles. The van der Waals surface area contributed by atoms with Crippen LogP contribution in [0.5, 0.6) is 0 Å². The van der Waals surface area contributed by atoms with Crippen LogP contribution >= 0.6 is 11.3 Å². The Bertz CT molecular complexity index is 1260. The van der Waals surface area contributed by atoms with Crippen LogP contribution in [0.25, 0.3) is 11.0 Å². The molecule has 0 atom stereocenters. The number of hydrogen-bond donors (Lipinski definition) is 2. The predicted molar refractivity (Wildman–Crippen MR) is 134 cm³/mol. The normalized spacial score (nSPS) is 19.7. The van der Waals surface area contributed by atoms with E-state index in [-0.39, 0.29) is 5.91 Å². The Morgan fingerprint density at radius 2 is 1.89 bits per heavy atom. The fourth-order valence-corrected chi connectivity index (χ4v) is 6.12. The van der Waals surface area contributed by atoms with Crippen LogP contribution in [0.4, 0.5) is 18.0 Å². The zero-order valence-corrected chi connectivity index (χ0v) is 21.3. The van der Waals surface area contributed by atoms with Gasteiger partial charge in [0.15, 0.2) is 0 Å². The molecule has 0 radical (unpaired) electrons. The number of hydrogen-bond acceptors (Lipinski definition) is 4. The summed E-state index contributed by atoms with van der Waals surface area (Å²) in [5.74, 6) is 1.42. The van der Waals surface area contributed by atoms with Crippen molar-refractivity contribution in [2.75, 3.05) is 6.54 Å². The van der Waals surface area contributed by atoms with Crippen molar-refractivity contribution in [3.05, 3.63) is 51.5 Å². The van der Waals surface area contributed by atoms with Crippen molar-refractivity contribution in [1.29, 1.82) is 0 Å². The summed E-state index contributed by atoms with van der Waals surface area (Å²) >= 11 is 0.723. The summed E-state index contributed by atoms with van der Waals surface area (Å²) in [7, 11) is 0. The van der Waals surface area contributed by atoms with Gasteiger partial charge >= 0.3 is 12.3 Å². The van der Waals surface area contributed by atoms with E-state index in [1.807, 2.05) is 21.6 Å². The van der Waals surface area contributed by atoms with Gasteiger partial charge in [0.25, 0.3) is 0 Å². The largest absolute Gasteiger partial charge is 0.503 e. The summed E-state index contributed by atoms with van der Waals surface area (Å²) in [4.78, 5) is 27.6. The van der Waals surface area contributed by atoms with Gasteiger partial charge < -0.3 is 19.7 Å². The molecule has 1 aliphatic heterocycles. The summed E-state index contributed by atoms with van der Waals surface area (Å²) in [5, 5.41) is 16.5. The second-order valence-electron chi connectivity index (χ2n) is 9.88. The maximum atomic E-state index is 13.1. The van der Waals surface area contributed by atoms with Gasteiger partial charge in [0.2, 0.25) is 5.91 Å². The highest BCUT2D eigenvalue weighted by Crippen LogP contribution is 2.36. The van der Waals surface area contributed by atoms with Gasteiger partial charge in [-0.05, 0) is 65.8 Å². The molecular weight excluding hydrogens is 507 g/mol. The lowest BCUT2D eigenvalue weighted by atomic mass is 9.81. The number of alkyl halides is 3. The molecule has 11 heteroatoms. The van der Waals surface area contributed by atoms with Crippen LogP contribution in [0, 0.1) is 11.8 Å². The van der Waals surface area contributed by atoms with E-state index in [2.05, 4.69) is 11.9 Å². The lowest BCUT2D eigenvalue weighted by Crippen LogP contribution is -2.37. The molecule has 2 N–H and O–H groups in total. The molecule has 1 fully saturated rings. The Balaban J connectivity index is 0.000000747. The Kier molecular flexibility index (Phi) is 8.11. The highest BCUT2D eigenvalue weighted by atomic mass is 32.1. The fraction of sp³-hybridized carbons (Fsp3) is 0.500. The molecule has 200 valence electrons. The van der Waals surface area contributed by atoms with Crippen LogP contribution < -0.4 is 0 Å². The number of pyridine rings is 1. The number of carbonyl (C=O) groups is 2. The summed E-state index contributed by atoms with van der Waals surface area (Å²) in [6.45, 7) is 3.77. The minimum absolute atomic E-state index is 0.194. The van der Waals surface area contributed by atoms with E-state index in [4.69, 9.17) is 15.0 Å². The number of amides is 1. The Morgan fingerprint density at radius 3 is 2.54 bits per heavy atom. The summed E-state index contributed by atoms with van der Waals surface area (Å²) in [5.41, 5.74) is 3.55. The van der Waals surface area contributed by atoms with Gasteiger partial charge in [-0.1, -0.05) is 19.8 Å². The highest BCUT2D eigenvalue weighted by molar-refractivity contribution is 7.10. The number of rotatable bonds is 4.